The molecule has 1 unspecified atom stereocenters. The van der Waals surface area contributed by atoms with Gasteiger partial charge in [-0.15, -0.1) is 0 Å². The minimum Gasteiger partial charge on any atom is -0.307 e. The summed E-state index contributed by atoms with van der Waals surface area (Å²) in [4.78, 5) is 11.6. The van der Waals surface area contributed by atoms with Crippen LogP contribution in [-0.4, -0.2) is 32.0 Å². The second kappa shape index (κ2) is 6.17. The van der Waals surface area contributed by atoms with Gasteiger partial charge in [0.15, 0.2) is 9.84 Å². The van der Waals surface area contributed by atoms with Gasteiger partial charge in [-0.2, -0.15) is 0 Å². The first-order chi connectivity index (χ1) is 9.35. The fourth-order valence-electron chi connectivity index (χ4n) is 1.81. The molecule has 0 aromatic heterocycles. The van der Waals surface area contributed by atoms with Gasteiger partial charge >= 0.3 is 6.03 Å². The van der Waals surface area contributed by atoms with E-state index in [0.717, 1.165) is 0 Å². The molecule has 0 spiro atoms. The first kappa shape index (κ1) is 15.4. The largest absolute Gasteiger partial charge is 0.333 e. The Balaban J connectivity index is 1.82. The van der Waals surface area contributed by atoms with Crippen LogP contribution in [0.25, 0.3) is 0 Å². The van der Waals surface area contributed by atoms with Gasteiger partial charge in [0.05, 0.1) is 21.6 Å². The lowest BCUT2D eigenvalue weighted by molar-refractivity contribution is 0.246. The van der Waals surface area contributed by atoms with Crippen LogP contribution in [0.4, 0.5) is 10.5 Å². The van der Waals surface area contributed by atoms with Crippen LogP contribution in [0.2, 0.25) is 10.0 Å². The molecule has 20 heavy (non-hydrogen) atoms. The summed E-state index contributed by atoms with van der Waals surface area (Å²) in [6.45, 7) is 0. The van der Waals surface area contributed by atoms with Crippen LogP contribution in [0.5, 0.6) is 0 Å². The quantitative estimate of drug-likeness (QED) is 0.734. The third-order valence-corrected chi connectivity index (χ3v) is 5.31. The predicted molar refractivity (Wildman–Crippen MR) is 78.8 cm³/mol. The van der Waals surface area contributed by atoms with Crippen LogP contribution in [0.3, 0.4) is 0 Å². The van der Waals surface area contributed by atoms with Crippen molar-refractivity contribution in [3.63, 3.8) is 0 Å². The minimum absolute atomic E-state index is 0.0278. The Morgan fingerprint density at radius 3 is 2.60 bits per heavy atom. The zero-order chi connectivity index (χ0) is 14.8. The lowest BCUT2D eigenvalue weighted by Crippen LogP contribution is -2.46. The van der Waals surface area contributed by atoms with Gasteiger partial charge in [-0.1, -0.05) is 23.2 Å². The van der Waals surface area contributed by atoms with Crippen LogP contribution in [0.1, 0.15) is 6.42 Å². The van der Waals surface area contributed by atoms with Gasteiger partial charge < -0.3 is 5.32 Å². The van der Waals surface area contributed by atoms with Crippen molar-refractivity contribution >= 4 is 44.8 Å². The molecule has 9 heteroatoms. The normalized spacial score (nSPS) is 20.6. The molecule has 2 amide bonds. The summed E-state index contributed by atoms with van der Waals surface area (Å²) < 4.78 is 22.5. The van der Waals surface area contributed by atoms with Crippen LogP contribution in [-0.2, 0) is 9.84 Å². The second-order valence-electron chi connectivity index (χ2n) is 4.45. The third kappa shape index (κ3) is 4.24. The Morgan fingerprint density at radius 2 is 2.00 bits per heavy atom. The molecule has 1 aliphatic heterocycles. The van der Waals surface area contributed by atoms with Gasteiger partial charge in [-0.3, -0.25) is 5.43 Å². The van der Waals surface area contributed by atoms with Crippen molar-refractivity contribution in [1.82, 2.24) is 10.9 Å². The van der Waals surface area contributed by atoms with Crippen molar-refractivity contribution in [2.75, 3.05) is 16.8 Å². The first-order valence-corrected chi connectivity index (χ1v) is 8.41. The fourth-order valence-corrected chi connectivity index (χ4v) is 3.78. The minimum atomic E-state index is -2.98. The fraction of sp³-hybridized carbons (Fsp3) is 0.364. The standard InChI is InChI=1S/C11H13Cl2N3O3S/c12-9-2-1-7(5-10(9)13)14-11(17)16-15-8-3-4-20(18,19)6-8/h1-2,5,8,15H,3-4,6H2,(H2,14,16,17). The van der Waals surface area contributed by atoms with E-state index in [1.807, 2.05) is 0 Å². The Labute approximate surface area is 126 Å². The summed E-state index contributed by atoms with van der Waals surface area (Å²) in [7, 11) is -2.98. The highest BCUT2D eigenvalue weighted by atomic mass is 35.5. The number of halogens is 2. The van der Waals surface area contributed by atoms with Crippen LogP contribution >= 0.6 is 23.2 Å². The molecule has 1 atom stereocenters. The lowest BCUT2D eigenvalue weighted by Gasteiger charge is -2.13. The monoisotopic (exact) mass is 337 g/mol. The number of hydrazine groups is 1. The number of carbonyl (C=O) groups excluding carboxylic acids is 1. The zero-order valence-corrected chi connectivity index (χ0v) is 12.6. The number of hydrogen-bond acceptors (Lipinski definition) is 4. The molecule has 1 aliphatic rings. The van der Waals surface area contributed by atoms with Crippen LogP contribution < -0.4 is 16.2 Å². The van der Waals surface area contributed by atoms with Crippen molar-refractivity contribution in [3.05, 3.63) is 28.2 Å². The Kier molecular flexibility index (Phi) is 4.74. The number of carbonyl (C=O) groups is 1. The van der Waals surface area contributed by atoms with E-state index in [-0.39, 0.29) is 17.5 Å². The van der Waals surface area contributed by atoms with Gasteiger partial charge in [-0.25, -0.2) is 18.6 Å². The first-order valence-electron chi connectivity index (χ1n) is 5.84. The van der Waals surface area contributed by atoms with E-state index in [1.54, 1.807) is 12.1 Å². The maximum atomic E-state index is 11.6. The molecule has 1 aromatic carbocycles. The molecular formula is C11H13Cl2N3O3S. The molecule has 6 nitrogen and oxygen atoms in total. The number of benzene rings is 1. The predicted octanol–water partition coefficient (Wildman–Crippen LogP) is 1.81. The molecule has 0 bridgehead atoms. The molecule has 1 heterocycles. The maximum absolute atomic E-state index is 11.6. The number of nitrogens with one attached hydrogen (secondary N) is 3. The van der Waals surface area contributed by atoms with Gasteiger partial charge in [-0.05, 0) is 24.6 Å². The van der Waals surface area contributed by atoms with E-state index in [0.29, 0.717) is 22.2 Å². The number of sulfone groups is 1. The van der Waals surface area contributed by atoms with Gasteiger partial charge in [0.1, 0.15) is 0 Å². The van der Waals surface area contributed by atoms with Gasteiger partial charge in [0, 0.05) is 11.7 Å². The Bertz CT molecular complexity index is 621. The molecule has 1 aromatic rings. The summed E-state index contributed by atoms with van der Waals surface area (Å²) in [6.07, 6.45) is 0.482. The molecule has 2 rings (SSSR count). The van der Waals surface area contributed by atoms with Crippen molar-refractivity contribution in [2.24, 2.45) is 0 Å². The molecule has 1 fully saturated rings. The number of urea groups is 1. The molecule has 0 saturated carbocycles. The van der Waals surface area contributed by atoms with E-state index in [2.05, 4.69) is 16.2 Å². The Morgan fingerprint density at radius 1 is 1.25 bits per heavy atom. The summed E-state index contributed by atoms with van der Waals surface area (Å²) in [5, 5.41) is 3.28. The SMILES string of the molecule is O=C(NNC1CCS(=O)(=O)C1)Nc1ccc(Cl)c(Cl)c1. The maximum Gasteiger partial charge on any atom is 0.333 e. The molecule has 110 valence electrons. The van der Waals surface area contributed by atoms with E-state index >= 15 is 0 Å². The van der Waals surface area contributed by atoms with E-state index < -0.39 is 15.9 Å². The third-order valence-electron chi connectivity index (χ3n) is 2.80. The molecule has 3 N–H and O–H groups in total. The lowest BCUT2D eigenvalue weighted by atomic mass is 10.3. The van der Waals surface area contributed by atoms with E-state index in [9.17, 15) is 13.2 Å². The highest BCUT2D eigenvalue weighted by molar-refractivity contribution is 7.91. The Hall–Kier alpha value is -1.02. The smallest absolute Gasteiger partial charge is 0.307 e. The van der Waals surface area contributed by atoms with Crippen molar-refractivity contribution in [3.8, 4) is 0 Å². The number of rotatable bonds is 3. The molecule has 0 radical (unpaired) electrons. The highest BCUT2D eigenvalue weighted by Crippen LogP contribution is 2.24. The topological polar surface area (TPSA) is 87.3 Å². The van der Waals surface area contributed by atoms with Crippen LogP contribution in [0.15, 0.2) is 18.2 Å². The highest BCUT2D eigenvalue weighted by Gasteiger charge is 2.27. The van der Waals surface area contributed by atoms with Crippen molar-refractivity contribution in [1.29, 1.82) is 0 Å². The summed E-state index contributed by atoms with van der Waals surface area (Å²) in [5.41, 5.74) is 5.57. The van der Waals surface area contributed by atoms with Crippen LogP contribution in [0, 0.1) is 0 Å². The number of amides is 2. The van der Waals surface area contributed by atoms with E-state index in [1.165, 1.54) is 6.07 Å². The zero-order valence-electron chi connectivity index (χ0n) is 10.3. The van der Waals surface area contributed by atoms with Gasteiger partial charge in [0.2, 0.25) is 0 Å². The number of hydrogen-bond donors (Lipinski definition) is 3. The summed E-state index contributed by atoms with van der Waals surface area (Å²) >= 11 is 11.6. The summed E-state index contributed by atoms with van der Waals surface area (Å²) in [5.74, 6) is 0.167. The van der Waals surface area contributed by atoms with E-state index in [4.69, 9.17) is 23.2 Å². The summed E-state index contributed by atoms with van der Waals surface area (Å²) in [6, 6.07) is 3.92. The van der Waals surface area contributed by atoms with Gasteiger partial charge in [0.25, 0.3) is 0 Å². The second-order valence-corrected chi connectivity index (χ2v) is 7.50. The molecule has 0 aliphatic carbocycles. The average molecular weight is 338 g/mol. The molecular weight excluding hydrogens is 325 g/mol. The average Bonchev–Trinajstić information content (AvgIpc) is 2.71. The van der Waals surface area contributed by atoms with Crippen molar-refractivity contribution < 1.29 is 13.2 Å². The number of anilines is 1. The molecule has 1 saturated heterocycles. The van der Waals surface area contributed by atoms with Crippen molar-refractivity contribution in [2.45, 2.75) is 12.5 Å².